The van der Waals surface area contributed by atoms with Gasteiger partial charge in [0.1, 0.15) is 0 Å². The molecule has 26 heavy (non-hydrogen) atoms. The summed E-state index contributed by atoms with van der Waals surface area (Å²) in [6.45, 7) is 2.27. The zero-order valence-electron chi connectivity index (χ0n) is 14.8. The SMILES string of the molecule is CCn1c(=O)c(=O)[nH]c2cc(-c3noc(CCC4CCCC4)n3)ccc21. The van der Waals surface area contributed by atoms with Gasteiger partial charge >= 0.3 is 11.1 Å². The van der Waals surface area contributed by atoms with E-state index in [9.17, 15) is 9.59 Å². The van der Waals surface area contributed by atoms with Crippen molar-refractivity contribution < 1.29 is 4.52 Å². The van der Waals surface area contributed by atoms with Crippen molar-refractivity contribution in [3.8, 4) is 11.4 Å². The largest absolute Gasteiger partial charge is 0.339 e. The van der Waals surface area contributed by atoms with Crippen molar-refractivity contribution in [2.45, 2.75) is 52.0 Å². The predicted octanol–water partition coefficient (Wildman–Crippen LogP) is 2.88. The normalized spacial score (nSPS) is 15.1. The van der Waals surface area contributed by atoms with Gasteiger partial charge in [-0.25, -0.2) is 0 Å². The average Bonchev–Trinajstić information content (AvgIpc) is 3.32. The molecule has 2 heterocycles. The Morgan fingerprint density at radius 3 is 2.85 bits per heavy atom. The minimum Gasteiger partial charge on any atom is -0.339 e. The second-order valence-electron chi connectivity index (χ2n) is 6.94. The van der Waals surface area contributed by atoms with Gasteiger partial charge in [-0.1, -0.05) is 30.8 Å². The molecule has 1 aliphatic rings. The number of fused-ring (bicyclic) bond motifs is 1. The highest BCUT2D eigenvalue weighted by Crippen LogP contribution is 2.29. The van der Waals surface area contributed by atoms with Gasteiger partial charge in [-0.05, 0) is 37.5 Å². The Kier molecular flexibility index (Phi) is 4.44. The Morgan fingerprint density at radius 1 is 1.27 bits per heavy atom. The molecule has 3 aromatic rings. The zero-order valence-corrected chi connectivity index (χ0v) is 14.8. The van der Waals surface area contributed by atoms with Crippen LogP contribution < -0.4 is 11.1 Å². The van der Waals surface area contributed by atoms with E-state index >= 15 is 0 Å². The lowest BCUT2D eigenvalue weighted by molar-refractivity contribution is 0.362. The standard InChI is InChI=1S/C19H22N4O3/c1-2-23-15-9-8-13(11-14(15)20-18(24)19(23)25)17-21-16(26-22-17)10-7-12-5-3-4-6-12/h8-9,11-12H,2-7,10H2,1H3,(H,20,24). The van der Waals surface area contributed by atoms with Gasteiger partial charge in [0.2, 0.25) is 11.7 Å². The van der Waals surface area contributed by atoms with Gasteiger partial charge in [-0.2, -0.15) is 4.98 Å². The Balaban J connectivity index is 1.61. The Hall–Kier alpha value is -2.70. The first-order valence-corrected chi connectivity index (χ1v) is 9.25. The summed E-state index contributed by atoms with van der Waals surface area (Å²) in [5, 5.41) is 4.07. The van der Waals surface area contributed by atoms with Gasteiger partial charge in [-0.15, -0.1) is 0 Å². The molecule has 0 unspecified atom stereocenters. The Bertz CT molecular complexity index is 1040. The lowest BCUT2D eigenvalue weighted by Gasteiger charge is -2.07. The van der Waals surface area contributed by atoms with E-state index in [0.29, 0.717) is 29.3 Å². The summed E-state index contributed by atoms with van der Waals surface area (Å²) >= 11 is 0. The van der Waals surface area contributed by atoms with Crippen molar-refractivity contribution in [2.75, 3.05) is 0 Å². The molecule has 1 aromatic carbocycles. The van der Waals surface area contributed by atoms with Crippen LogP contribution in [0.3, 0.4) is 0 Å². The van der Waals surface area contributed by atoms with Crippen molar-refractivity contribution in [3.05, 3.63) is 44.8 Å². The first-order chi connectivity index (χ1) is 12.7. The van der Waals surface area contributed by atoms with E-state index in [1.54, 1.807) is 12.1 Å². The molecular weight excluding hydrogens is 332 g/mol. The van der Waals surface area contributed by atoms with Crippen molar-refractivity contribution in [2.24, 2.45) is 5.92 Å². The monoisotopic (exact) mass is 354 g/mol. The van der Waals surface area contributed by atoms with Crippen molar-refractivity contribution in [3.63, 3.8) is 0 Å². The highest BCUT2D eigenvalue weighted by molar-refractivity contribution is 5.80. The third-order valence-corrected chi connectivity index (χ3v) is 5.26. The summed E-state index contributed by atoms with van der Waals surface area (Å²) < 4.78 is 6.85. The zero-order chi connectivity index (χ0) is 18.1. The number of hydrogen-bond acceptors (Lipinski definition) is 5. The maximum atomic E-state index is 11.9. The van der Waals surface area contributed by atoms with Crippen LogP contribution in [0.25, 0.3) is 22.4 Å². The van der Waals surface area contributed by atoms with Crippen LogP contribution in [0.2, 0.25) is 0 Å². The number of nitrogens with one attached hydrogen (secondary N) is 1. The summed E-state index contributed by atoms with van der Waals surface area (Å²) in [6.07, 6.45) is 7.17. The molecule has 1 N–H and O–H groups in total. The number of H-pyrrole nitrogens is 1. The second kappa shape index (κ2) is 6.90. The lowest BCUT2D eigenvalue weighted by Crippen LogP contribution is -2.35. The molecule has 0 aliphatic heterocycles. The van der Waals surface area contributed by atoms with E-state index in [2.05, 4.69) is 15.1 Å². The molecule has 1 fully saturated rings. The van der Waals surface area contributed by atoms with E-state index < -0.39 is 11.1 Å². The topological polar surface area (TPSA) is 93.8 Å². The third-order valence-electron chi connectivity index (χ3n) is 5.26. The molecule has 136 valence electrons. The summed E-state index contributed by atoms with van der Waals surface area (Å²) in [6, 6.07) is 5.44. The van der Waals surface area contributed by atoms with Gasteiger partial charge in [0.15, 0.2) is 0 Å². The number of aromatic nitrogens is 4. The third kappa shape index (κ3) is 3.09. The summed E-state index contributed by atoms with van der Waals surface area (Å²) in [5.41, 5.74) is 0.866. The fourth-order valence-corrected chi connectivity index (χ4v) is 3.83. The fourth-order valence-electron chi connectivity index (χ4n) is 3.83. The van der Waals surface area contributed by atoms with Crippen LogP contribution in [0.15, 0.2) is 32.3 Å². The average molecular weight is 354 g/mol. The molecule has 0 atom stereocenters. The lowest BCUT2D eigenvalue weighted by atomic mass is 10.0. The number of aromatic amines is 1. The molecule has 0 radical (unpaired) electrons. The maximum absolute atomic E-state index is 11.9. The van der Waals surface area contributed by atoms with Gasteiger partial charge in [0.05, 0.1) is 11.0 Å². The predicted molar refractivity (Wildman–Crippen MR) is 98.1 cm³/mol. The molecule has 2 aromatic heterocycles. The first kappa shape index (κ1) is 16.8. The number of aryl methyl sites for hydroxylation is 2. The number of benzene rings is 1. The van der Waals surface area contributed by atoms with Crippen LogP contribution >= 0.6 is 0 Å². The molecule has 0 bridgehead atoms. The number of hydrogen-bond donors (Lipinski definition) is 1. The first-order valence-electron chi connectivity index (χ1n) is 9.25. The quantitative estimate of drug-likeness (QED) is 0.711. The molecule has 7 nitrogen and oxygen atoms in total. The molecule has 4 rings (SSSR count). The van der Waals surface area contributed by atoms with Gasteiger partial charge in [0.25, 0.3) is 0 Å². The summed E-state index contributed by atoms with van der Waals surface area (Å²) in [7, 11) is 0. The highest BCUT2D eigenvalue weighted by Gasteiger charge is 2.17. The van der Waals surface area contributed by atoms with Gasteiger partial charge in [-0.3, -0.25) is 9.59 Å². The highest BCUT2D eigenvalue weighted by atomic mass is 16.5. The molecule has 0 saturated heterocycles. The van der Waals surface area contributed by atoms with Crippen LogP contribution in [0, 0.1) is 5.92 Å². The van der Waals surface area contributed by atoms with E-state index in [0.717, 1.165) is 24.3 Å². The van der Waals surface area contributed by atoms with Crippen molar-refractivity contribution in [1.29, 1.82) is 0 Å². The van der Waals surface area contributed by atoms with E-state index in [1.807, 2.05) is 13.0 Å². The van der Waals surface area contributed by atoms with Crippen molar-refractivity contribution in [1.82, 2.24) is 19.7 Å². The van der Waals surface area contributed by atoms with Crippen LogP contribution in [-0.2, 0) is 13.0 Å². The summed E-state index contributed by atoms with van der Waals surface area (Å²) in [4.78, 5) is 30.9. The van der Waals surface area contributed by atoms with Crippen LogP contribution in [0.1, 0.15) is 44.9 Å². The number of nitrogens with zero attached hydrogens (tertiary/aromatic N) is 3. The molecular formula is C19H22N4O3. The molecule has 0 spiro atoms. The van der Waals surface area contributed by atoms with E-state index in [1.165, 1.54) is 30.3 Å². The molecule has 1 saturated carbocycles. The smallest absolute Gasteiger partial charge is 0.316 e. The van der Waals surface area contributed by atoms with Crippen LogP contribution in [0.5, 0.6) is 0 Å². The second-order valence-corrected chi connectivity index (χ2v) is 6.94. The fraction of sp³-hybridized carbons (Fsp3) is 0.474. The molecule has 7 heteroatoms. The molecule has 0 amide bonds. The van der Waals surface area contributed by atoms with E-state index in [-0.39, 0.29) is 0 Å². The van der Waals surface area contributed by atoms with E-state index in [4.69, 9.17) is 4.52 Å². The number of rotatable bonds is 5. The minimum absolute atomic E-state index is 0.437. The maximum Gasteiger partial charge on any atom is 0.316 e. The summed E-state index contributed by atoms with van der Waals surface area (Å²) in [5.74, 6) is 1.93. The van der Waals surface area contributed by atoms with Gasteiger partial charge in [0, 0.05) is 18.5 Å². The van der Waals surface area contributed by atoms with Crippen LogP contribution in [-0.4, -0.2) is 19.7 Å². The Labute approximate surface area is 150 Å². The minimum atomic E-state index is -0.623. The van der Waals surface area contributed by atoms with Crippen molar-refractivity contribution >= 4 is 11.0 Å². The molecule has 1 aliphatic carbocycles. The van der Waals surface area contributed by atoms with Crippen LogP contribution in [0.4, 0.5) is 0 Å². The Morgan fingerprint density at radius 2 is 2.08 bits per heavy atom. The van der Waals surface area contributed by atoms with Gasteiger partial charge < -0.3 is 14.1 Å².